The molecule has 1 aliphatic rings. The second-order valence-corrected chi connectivity index (χ2v) is 9.85. The molecule has 2 heterocycles. The van der Waals surface area contributed by atoms with Crippen LogP contribution in [0.4, 0.5) is 0 Å². The second kappa shape index (κ2) is 10.3. The standard InChI is InChI=1S/C28H21N3O3S2/c32-26-24(36-28(35)31(26)23(27(33)34)16-19-10-4-1-5-11-19)17-21-18-30(22-14-8-3-9-15-22)29-25(21)20-12-6-2-7-13-20/h1-15,17-18,23H,16H2,(H,33,34)/b24-17-/t23-/m1/s1. The lowest BCUT2D eigenvalue weighted by Gasteiger charge is -2.23. The van der Waals surface area contributed by atoms with Gasteiger partial charge in [-0.05, 0) is 23.8 Å². The largest absolute Gasteiger partial charge is 0.480 e. The molecule has 178 valence electrons. The van der Waals surface area contributed by atoms with Crippen molar-refractivity contribution >= 4 is 46.3 Å². The van der Waals surface area contributed by atoms with E-state index >= 15 is 0 Å². The molecule has 1 atom stereocenters. The lowest BCUT2D eigenvalue weighted by Crippen LogP contribution is -2.45. The summed E-state index contributed by atoms with van der Waals surface area (Å²) in [7, 11) is 0. The molecule has 0 saturated carbocycles. The number of hydrogen-bond donors (Lipinski definition) is 1. The Morgan fingerprint density at radius 1 is 0.972 bits per heavy atom. The Morgan fingerprint density at radius 3 is 2.22 bits per heavy atom. The third-order valence-corrected chi connectivity index (χ3v) is 7.12. The number of aliphatic carboxylic acids is 1. The number of carbonyl (C=O) groups excluding carboxylic acids is 1. The van der Waals surface area contributed by atoms with Gasteiger partial charge in [-0.25, -0.2) is 9.48 Å². The first-order valence-corrected chi connectivity index (χ1v) is 12.5. The highest BCUT2D eigenvalue weighted by atomic mass is 32.2. The molecule has 1 saturated heterocycles. The van der Waals surface area contributed by atoms with Gasteiger partial charge in [0.2, 0.25) is 0 Å². The van der Waals surface area contributed by atoms with Crippen LogP contribution in [0.25, 0.3) is 23.0 Å². The van der Waals surface area contributed by atoms with Crippen molar-refractivity contribution in [3.05, 3.63) is 113 Å². The maximum absolute atomic E-state index is 13.4. The Balaban J connectivity index is 1.52. The van der Waals surface area contributed by atoms with E-state index in [1.165, 1.54) is 4.90 Å². The van der Waals surface area contributed by atoms with E-state index in [-0.39, 0.29) is 10.7 Å². The van der Waals surface area contributed by atoms with Gasteiger partial charge < -0.3 is 5.11 Å². The van der Waals surface area contributed by atoms with E-state index in [2.05, 4.69) is 0 Å². The summed E-state index contributed by atoms with van der Waals surface area (Å²) in [6.45, 7) is 0. The van der Waals surface area contributed by atoms with Crippen LogP contribution in [0.2, 0.25) is 0 Å². The summed E-state index contributed by atoms with van der Waals surface area (Å²) in [5.41, 5.74) is 4.06. The molecule has 3 aromatic carbocycles. The number of thiocarbonyl (C=S) groups is 1. The van der Waals surface area contributed by atoms with Crippen molar-refractivity contribution in [2.75, 3.05) is 0 Å². The van der Waals surface area contributed by atoms with Crippen molar-refractivity contribution in [2.45, 2.75) is 12.5 Å². The van der Waals surface area contributed by atoms with Crippen LogP contribution in [0.1, 0.15) is 11.1 Å². The average Bonchev–Trinajstić information content (AvgIpc) is 3.44. The lowest BCUT2D eigenvalue weighted by atomic mass is 10.0. The van der Waals surface area contributed by atoms with Gasteiger partial charge in [0, 0.05) is 23.7 Å². The number of amides is 1. The molecule has 5 rings (SSSR count). The molecular formula is C28H21N3O3S2. The highest BCUT2D eigenvalue weighted by Gasteiger charge is 2.40. The fraction of sp³-hybridized carbons (Fsp3) is 0.0714. The quantitative estimate of drug-likeness (QED) is 0.263. The topological polar surface area (TPSA) is 75.4 Å². The molecule has 0 radical (unpaired) electrons. The van der Waals surface area contributed by atoms with Gasteiger partial charge in [0.05, 0.1) is 16.3 Å². The first-order valence-electron chi connectivity index (χ1n) is 11.3. The van der Waals surface area contributed by atoms with Crippen LogP contribution in [0.3, 0.4) is 0 Å². The monoisotopic (exact) mass is 511 g/mol. The van der Waals surface area contributed by atoms with Crippen LogP contribution in [-0.2, 0) is 16.0 Å². The SMILES string of the molecule is O=C(O)[C@@H](Cc1ccccc1)N1C(=O)/C(=C/c2cn(-c3ccccc3)nc2-c2ccccc2)SC1=S. The fourth-order valence-electron chi connectivity index (χ4n) is 4.04. The maximum atomic E-state index is 13.4. The van der Waals surface area contributed by atoms with E-state index in [4.69, 9.17) is 17.3 Å². The summed E-state index contributed by atoms with van der Waals surface area (Å²) in [6, 6.07) is 27.6. The number of thioether (sulfide) groups is 1. The van der Waals surface area contributed by atoms with E-state index in [0.29, 0.717) is 10.6 Å². The van der Waals surface area contributed by atoms with Crippen molar-refractivity contribution < 1.29 is 14.7 Å². The molecule has 36 heavy (non-hydrogen) atoms. The lowest BCUT2D eigenvalue weighted by molar-refractivity contribution is -0.145. The number of carboxylic acid groups (broad SMARTS) is 1. The molecule has 1 aliphatic heterocycles. The van der Waals surface area contributed by atoms with Crippen LogP contribution in [0.15, 0.2) is 102 Å². The summed E-state index contributed by atoms with van der Waals surface area (Å²) >= 11 is 6.58. The van der Waals surface area contributed by atoms with E-state index in [0.717, 1.165) is 34.1 Å². The average molecular weight is 512 g/mol. The predicted octanol–water partition coefficient (Wildman–Crippen LogP) is 5.44. The molecule has 0 bridgehead atoms. The Kier molecular flexibility index (Phi) is 6.79. The summed E-state index contributed by atoms with van der Waals surface area (Å²) in [5.74, 6) is -1.52. The second-order valence-electron chi connectivity index (χ2n) is 8.17. The summed E-state index contributed by atoms with van der Waals surface area (Å²) in [5, 5.41) is 14.7. The first-order chi connectivity index (χ1) is 17.5. The predicted molar refractivity (Wildman–Crippen MR) is 146 cm³/mol. The molecule has 6 nitrogen and oxygen atoms in total. The van der Waals surface area contributed by atoms with Crippen LogP contribution >= 0.6 is 24.0 Å². The Bertz CT molecular complexity index is 1450. The van der Waals surface area contributed by atoms with Crippen LogP contribution in [-0.4, -0.2) is 42.0 Å². The van der Waals surface area contributed by atoms with E-state index in [1.807, 2.05) is 97.2 Å². The molecule has 4 aromatic rings. The molecule has 8 heteroatoms. The third kappa shape index (κ3) is 4.86. The smallest absolute Gasteiger partial charge is 0.327 e. The fourth-order valence-corrected chi connectivity index (χ4v) is 5.39. The number of nitrogens with zero attached hydrogens (tertiary/aromatic N) is 3. The number of hydrogen-bond acceptors (Lipinski definition) is 5. The maximum Gasteiger partial charge on any atom is 0.327 e. The van der Waals surface area contributed by atoms with Crippen LogP contribution in [0, 0.1) is 0 Å². The number of carboxylic acids is 1. The highest BCUT2D eigenvalue weighted by molar-refractivity contribution is 8.26. The van der Waals surface area contributed by atoms with E-state index < -0.39 is 17.9 Å². The summed E-state index contributed by atoms with van der Waals surface area (Å²) in [4.78, 5) is 27.2. The molecule has 0 aliphatic carbocycles. The van der Waals surface area contributed by atoms with Gasteiger partial charge >= 0.3 is 5.97 Å². The van der Waals surface area contributed by atoms with Crippen molar-refractivity contribution in [3.63, 3.8) is 0 Å². The minimum absolute atomic E-state index is 0.164. The van der Waals surface area contributed by atoms with Gasteiger partial charge in [0.15, 0.2) is 0 Å². The van der Waals surface area contributed by atoms with E-state index in [9.17, 15) is 14.7 Å². The zero-order chi connectivity index (χ0) is 25.1. The van der Waals surface area contributed by atoms with E-state index in [1.54, 1.807) is 10.8 Å². The van der Waals surface area contributed by atoms with Crippen LogP contribution < -0.4 is 0 Å². The summed E-state index contributed by atoms with van der Waals surface area (Å²) < 4.78 is 2.00. The molecule has 1 amide bonds. The minimum atomic E-state index is -1.10. The van der Waals surface area contributed by atoms with Gasteiger partial charge in [-0.2, -0.15) is 5.10 Å². The zero-order valence-electron chi connectivity index (χ0n) is 19.0. The zero-order valence-corrected chi connectivity index (χ0v) is 20.7. The van der Waals surface area contributed by atoms with Gasteiger partial charge in [-0.1, -0.05) is 103 Å². The Hall–Kier alpha value is -4.01. The molecule has 0 unspecified atom stereocenters. The number of carbonyl (C=O) groups is 2. The molecular weight excluding hydrogens is 490 g/mol. The number of para-hydroxylation sites is 1. The van der Waals surface area contributed by atoms with Gasteiger partial charge in [0.25, 0.3) is 5.91 Å². The summed E-state index contributed by atoms with van der Waals surface area (Å²) in [6.07, 6.45) is 3.77. The minimum Gasteiger partial charge on any atom is -0.480 e. The van der Waals surface area contributed by atoms with Crippen molar-refractivity contribution in [3.8, 4) is 16.9 Å². The number of rotatable bonds is 7. The molecule has 1 fully saturated rings. The van der Waals surface area contributed by atoms with Crippen molar-refractivity contribution in [1.29, 1.82) is 0 Å². The number of aromatic nitrogens is 2. The highest BCUT2D eigenvalue weighted by Crippen LogP contribution is 2.36. The normalized spacial score (nSPS) is 15.4. The molecule has 1 aromatic heterocycles. The number of benzene rings is 3. The Labute approximate surface area is 217 Å². The van der Waals surface area contributed by atoms with Crippen molar-refractivity contribution in [2.24, 2.45) is 0 Å². The third-order valence-electron chi connectivity index (χ3n) is 5.79. The molecule has 0 spiro atoms. The van der Waals surface area contributed by atoms with Crippen molar-refractivity contribution in [1.82, 2.24) is 14.7 Å². The first kappa shape index (κ1) is 23.7. The Morgan fingerprint density at radius 2 is 1.58 bits per heavy atom. The van der Waals surface area contributed by atoms with Gasteiger partial charge in [0.1, 0.15) is 10.4 Å². The van der Waals surface area contributed by atoms with Gasteiger partial charge in [-0.3, -0.25) is 9.69 Å². The van der Waals surface area contributed by atoms with Gasteiger partial charge in [-0.15, -0.1) is 0 Å². The molecule has 1 N–H and O–H groups in total. The van der Waals surface area contributed by atoms with Crippen LogP contribution in [0.5, 0.6) is 0 Å².